The Morgan fingerprint density at radius 2 is 1.78 bits per heavy atom. The lowest BCUT2D eigenvalue weighted by Crippen LogP contribution is -2.16. The molecule has 2 atom stereocenters. The molecule has 27 heavy (non-hydrogen) atoms. The van der Waals surface area contributed by atoms with Gasteiger partial charge in [0, 0.05) is 15.8 Å². The molecule has 2 N–H and O–H groups in total. The first-order valence-electron chi connectivity index (χ1n) is 8.51. The van der Waals surface area contributed by atoms with Gasteiger partial charge in [-0.3, -0.25) is 4.79 Å². The molecule has 3 aromatic rings. The predicted molar refractivity (Wildman–Crippen MR) is 110 cm³/mol. The van der Waals surface area contributed by atoms with Gasteiger partial charge >= 0.3 is 5.97 Å². The fourth-order valence-electron chi connectivity index (χ4n) is 3.25. The second-order valence-electron chi connectivity index (χ2n) is 6.51. The van der Waals surface area contributed by atoms with Gasteiger partial charge in [-0.2, -0.15) is 0 Å². The van der Waals surface area contributed by atoms with E-state index in [-0.39, 0.29) is 23.3 Å². The third-order valence-corrected chi connectivity index (χ3v) is 6.28. The van der Waals surface area contributed by atoms with Crippen LogP contribution in [0, 0.1) is 5.92 Å². The first-order valence-corrected chi connectivity index (χ1v) is 10.2. The van der Waals surface area contributed by atoms with Crippen LogP contribution in [0.25, 0.3) is 10.4 Å². The van der Waals surface area contributed by atoms with Crippen LogP contribution in [0.4, 0.5) is 5.69 Å². The minimum absolute atomic E-state index is 0.106. The van der Waals surface area contributed by atoms with Gasteiger partial charge < -0.3 is 10.4 Å². The summed E-state index contributed by atoms with van der Waals surface area (Å²) < 4.78 is 0.925. The number of anilines is 1. The first kappa shape index (κ1) is 17.9. The van der Waals surface area contributed by atoms with Crippen molar-refractivity contribution < 1.29 is 14.7 Å². The topological polar surface area (TPSA) is 66.4 Å². The zero-order valence-corrected chi connectivity index (χ0v) is 16.6. The number of aromatic carboxylic acids is 1. The van der Waals surface area contributed by atoms with Crippen LogP contribution < -0.4 is 5.32 Å². The fraction of sp³-hybridized carbons (Fsp3) is 0.143. The monoisotopic (exact) mass is 441 g/mol. The summed E-state index contributed by atoms with van der Waals surface area (Å²) in [4.78, 5) is 25.1. The highest BCUT2D eigenvalue weighted by Crippen LogP contribution is 2.48. The number of carboxylic acids is 1. The Labute approximate surface area is 169 Å². The molecule has 1 saturated carbocycles. The van der Waals surface area contributed by atoms with Crippen LogP contribution in [-0.2, 0) is 4.79 Å². The molecule has 0 aliphatic heterocycles. The highest BCUT2D eigenvalue weighted by atomic mass is 79.9. The summed E-state index contributed by atoms with van der Waals surface area (Å²) in [5, 5.41) is 14.2. The number of amides is 1. The van der Waals surface area contributed by atoms with Crippen LogP contribution in [0.2, 0.25) is 0 Å². The highest BCUT2D eigenvalue weighted by Gasteiger charge is 2.44. The molecule has 1 unspecified atom stereocenters. The number of carboxylic acid groups (broad SMARTS) is 1. The maximum absolute atomic E-state index is 12.6. The Morgan fingerprint density at radius 3 is 2.44 bits per heavy atom. The van der Waals surface area contributed by atoms with Gasteiger partial charge in [-0.1, -0.05) is 58.4 Å². The van der Waals surface area contributed by atoms with Gasteiger partial charge in [0.2, 0.25) is 5.91 Å². The van der Waals surface area contributed by atoms with E-state index in [4.69, 9.17) is 0 Å². The van der Waals surface area contributed by atoms with Crippen LogP contribution in [0.1, 0.15) is 28.3 Å². The zero-order chi connectivity index (χ0) is 19.0. The Morgan fingerprint density at radius 1 is 1.07 bits per heavy atom. The number of carbonyl (C=O) groups excluding carboxylic acids is 1. The van der Waals surface area contributed by atoms with Crippen molar-refractivity contribution in [2.24, 2.45) is 5.92 Å². The molecule has 6 heteroatoms. The molecule has 4 rings (SSSR count). The zero-order valence-electron chi connectivity index (χ0n) is 14.2. The lowest BCUT2D eigenvalue weighted by molar-refractivity contribution is -0.117. The van der Waals surface area contributed by atoms with E-state index in [9.17, 15) is 14.7 Å². The number of rotatable bonds is 5. The fourth-order valence-corrected chi connectivity index (χ4v) is 4.52. The molecule has 0 radical (unpaired) electrons. The summed E-state index contributed by atoms with van der Waals surface area (Å²) in [5.74, 6) is -1.06. The van der Waals surface area contributed by atoms with Gasteiger partial charge in [-0.15, -0.1) is 11.3 Å². The summed E-state index contributed by atoms with van der Waals surface area (Å²) in [5.41, 5.74) is 2.48. The van der Waals surface area contributed by atoms with Crippen molar-refractivity contribution in [1.82, 2.24) is 0 Å². The van der Waals surface area contributed by atoms with E-state index < -0.39 is 5.97 Å². The summed E-state index contributed by atoms with van der Waals surface area (Å²) in [6.07, 6.45) is 0.794. The molecule has 1 aliphatic rings. The smallest absolute Gasteiger partial charge is 0.339 e. The highest BCUT2D eigenvalue weighted by molar-refractivity contribution is 9.10. The average Bonchev–Trinajstić information content (AvgIpc) is 3.37. The number of hydrogen-bond donors (Lipinski definition) is 2. The molecular weight excluding hydrogens is 426 g/mol. The lowest BCUT2D eigenvalue weighted by Gasteiger charge is -2.06. The van der Waals surface area contributed by atoms with Gasteiger partial charge in [-0.25, -0.2) is 4.79 Å². The van der Waals surface area contributed by atoms with Crippen molar-refractivity contribution in [3.63, 3.8) is 0 Å². The second kappa shape index (κ2) is 7.29. The number of carbonyl (C=O) groups is 2. The number of benzene rings is 2. The minimum atomic E-state index is -1.04. The molecule has 4 nitrogen and oxygen atoms in total. The van der Waals surface area contributed by atoms with Gasteiger partial charge in [0.25, 0.3) is 0 Å². The van der Waals surface area contributed by atoms with Gasteiger partial charge in [0.15, 0.2) is 0 Å². The minimum Gasteiger partial charge on any atom is -0.478 e. The van der Waals surface area contributed by atoms with E-state index in [2.05, 4.69) is 21.2 Å². The molecular formula is C21H16BrNO3S. The van der Waals surface area contributed by atoms with Crippen molar-refractivity contribution in [3.05, 3.63) is 75.6 Å². The standard InChI is InChI=1S/C21H16BrNO3S/c22-14-8-6-13(7-9-14)19-18(21(25)26)17(11-27-19)23-20(24)16-10-15(16)12-4-2-1-3-5-12/h1-9,11,15-16H,10H2,(H,23,24)(H,25,26)/t15?,16-/m0/s1. The van der Waals surface area contributed by atoms with Crippen molar-refractivity contribution >= 4 is 44.8 Å². The van der Waals surface area contributed by atoms with E-state index in [0.29, 0.717) is 10.6 Å². The maximum atomic E-state index is 12.6. The molecule has 1 fully saturated rings. The Hall–Kier alpha value is -2.44. The molecule has 1 aliphatic carbocycles. The quantitative estimate of drug-likeness (QED) is 0.539. The Bertz CT molecular complexity index is 998. The number of hydrogen-bond acceptors (Lipinski definition) is 3. The van der Waals surface area contributed by atoms with Crippen LogP contribution in [-0.4, -0.2) is 17.0 Å². The SMILES string of the molecule is O=C(O)c1c(NC(=O)[C@H]2CC2c2ccccc2)csc1-c1ccc(Br)cc1. The molecule has 0 spiro atoms. The van der Waals surface area contributed by atoms with Crippen LogP contribution >= 0.6 is 27.3 Å². The van der Waals surface area contributed by atoms with Crippen LogP contribution in [0.5, 0.6) is 0 Å². The summed E-state index contributed by atoms with van der Waals surface area (Å²) in [7, 11) is 0. The van der Waals surface area contributed by atoms with Crippen molar-refractivity contribution in [2.45, 2.75) is 12.3 Å². The van der Waals surface area contributed by atoms with E-state index in [1.165, 1.54) is 11.3 Å². The molecule has 1 amide bonds. The molecule has 136 valence electrons. The van der Waals surface area contributed by atoms with Crippen molar-refractivity contribution in [1.29, 1.82) is 0 Å². The molecule has 1 aromatic heterocycles. The molecule has 0 saturated heterocycles. The summed E-state index contributed by atoms with van der Waals surface area (Å²) in [6, 6.07) is 17.4. The normalized spacial score (nSPS) is 18.1. The third kappa shape index (κ3) is 3.68. The van der Waals surface area contributed by atoms with E-state index in [0.717, 1.165) is 22.0 Å². The average molecular weight is 442 g/mol. The Kier molecular flexibility index (Phi) is 4.85. The second-order valence-corrected chi connectivity index (χ2v) is 8.31. The third-order valence-electron chi connectivity index (χ3n) is 4.72. The number of halogens is 1. The lowest BCUT2D eigenvalue weighted by atomic mass is 10.1. The van der Waals surface area contributed by atoms with Crippen LogP contribution in [0.15, 0.2) is 64.5 Å². The predicted octanol–water partition coefficient (Wildman–Crippen LogP) is 5.62. The first-order chi connectivity index (χ1) is 13.0. The largest absolute Gasteiger partial charge is 0.478 e. The summed E-state index contributed by atoms with van der Waals surface area (Å²) >= 11 is 4.71. The number of nitrogens with one attached hydrogen (secondary N) is 1. The van der Waals surface area contributed by atoms with E-state index in [1.54, 1.807) is 5.38 Å². The van der Waals surface area contributed by atoms with E-state index >= 15 is 0 Å². The van der Waals surface area contributed by atoms with Crippen molar-refractivity contribution in [2.75, 3.05) is 5.32 Å². The van der Waals surface area contributed by atoms with E-state index in [1.807, 2.05) is 54.6 Å². The summed E-state index contributed by atoms with van der Waals surface area (Å²) in [6.45, 7) is 0. The number of thiophene rings is 1. The molecule has 1 heterocycles. The van der Waals surface area contributed by atoms with Crippen molar-refractivity contribution in [3.8, 4) is 10.4 Å². The molecule has 2 aromatic carbocycles. The van der Waals surface area contributed by atoms with Gasteiger partial charge in [0.1, 0.15) is 5.56 Å². The van der Waals surface area contributed by atoms with Crippen LogP contribution in [0.3, 0.4) is 0 Å². The Balaban J connectivity index is 1.55. The van der Waals surface area contributed by atoms with Gasteiger partial charge in [-0.05, 0) is 35.6 Å². The molecule has 0 bridgehead atoms. The van der Waals surface area contributed by atoms with Gasteiger partial charge in [0.05, 0.1) is 10.6 Å². The maximum Gasteiger partial charge on any atom is 0.339 e.